The van der Waals surface area contributed by atoms with Gasteiger partial charge in [-0.3, -0.25) is 4.90 Å². The molecule has 2 N–H and O–H groups in total. The summed E-state index contributed by atoms with van der Waals surface area (Å²) in [6, 6.07) is 9.46. The molecule has 0 spiro atoms. The number of aromatic nitrogens is 2. The van der Waals surface area contributed by atoms with Crippen LogP contribution in [0.3, 0.4) is 0 Å². The number of carbonyl (C=O) groups excluding carboxylic acids is 1. The van der Waals surface area contributed by atoms with Gasteiger partial charge in [-0.2, -0.15) is 4.98 Å². The van der Waals surface area contributed by atoms with Gasteiger partial charge in [-0.05, 0) is 82.3 Å². The molecule has 2 aliphatic heterocycles. The van der Waals surface area contributed by atoms with Gasteiger partial charge in [0.25, 0.3) is 0 Å². The maximum absolute atomic E-state index is 12.9. The van der Waals surface area contributed by atoms with E-state index in [1.165, 1.54) is 37.8 Å². The lowest BCUT2D eigenvalue weighted by Crippen LogP contribution is -2.52. The molecule has 1 aromatic heterocycles. The SMILES string of the molecule is CN(C)C1CCN(c2ccc(Nc3ncc4c(n3)N(C3CC5CCC3C5)C(=O)NC4)cc2)CC1. The number of benzene rings is 1. The van der Waals surface area contributed by atoms with Gasteiger partial charge in [-0.15, -0.1) is 0 Å². The summed E-state index contributed by atoms with van der Waals surface area (Å²) < 4.78 is 0. The zero-order valence-electron chi connectivity index (χ0n) is 20.2. The fraction of sp³-hybridized carbons (Fsp3) is 0.577. The molecule has 180 valence electrons. The predicted molar refractivity (Wildman–Crippen MR) is 135 cm³/mol. The number of nitrogens with zero attached hydrogens (tertiary/aromatic N) is 5. The van der Waals surface area contributed by atoms with Crippen molar-refractivity contribution in [2.45, 2.75) is 57.2 Å². The van der Waals surface area contributed by atoms with Gasteiger partial charge in [0, 0.05) is 54.9 Å². The van der Waals surface area contributed by atoms with E-state index in [9.17, 15) is 4.79 Å². The Balaban J connectivity index is 1.17. The first-order chi connectivity index (χ1) is 16.5. The van der Waals surface area contributed by atoms with Gasteiger partial charge in [0.2, 0.25) is 5.95 Å². The molecule has 6 rings (SSSR count). The zero-order valence-corrected chi connectivity index (χ0v) is 20.2. The Morgan fingerprint density at radius 1 is 1.06 bits per heavy atom. The minimum absolute atomic E-state index is 0.0166. The normalized spacial score (nSPS) is 26.7. The van der Waals surface area contributed by atoms with Crippen LogP contribution in [0.25, 0.3) is 0 Å². The molecular formula is C26H35N7O. The monoisotopic (exact) mass is 461 g/mol. The van der Waals surface area contributed by atoms with Crippen LogP contribution in [0.5, 0.6) is 0 Å². The number of rotatable bonds is 5. The van der Waals surface area contributed by atoms with Gasteiger partial charge in [0.05, 0.1) is 0 Å². The highest BCUT2D eigenvalue weighted by Crippen LogP contribution is 2.48. The largest absolute Gasteiger partial charge is 0.371 e. The molecular weight excluding hydrogens is 426 g/mol. The molecule has 2 aliphatic carbocycles. The molecule has 1 aromatic carbocycles. The molecule has 4 aliphatic rings. The summed E-state index contributed by atoms with van der Waals surface area (Å²) in [6.07, 6.45) is 9.13. The van der Waals surface area contributed by atoms with Crippen molar-refractivity contribution in [2.24, 2.45) is 11.8 Å². The Hall–Kier alpha value is -2.87. The number of hydrogen-bond acceptors (Lipinski definition) is 6. The van der Waals surface area contributed by atoms with E-state index in [2.05, 4.69) is 63.8 Å². The van der Waals surface area contributed by atoms with E-state index in [1.807, 2.05) is 11.1 Å². The Kier molecular flexibility index (Phi) is 5.56. The van der Waals surface area contributed by atoms with Gasteiger partial charge in [0.1, 0.15) is 5.82 Å². The molecule has 2 bridgehead atoms. The van der Waals surface area contributed by atoms with Crippen molar-refractivity contribution in [1.29, 1.82) is 0 Å². The lowest BCUT2D eigenvalue weighted by molar-refractivity contribution is 0.237. The highest BCUT2D eigenvalue weighted by Gasteiger charge is 2.46. The number of urea groups is 1. The van der Waals surface area contributed by atoms with Crippen LogP contribution in [0.1, 0.15) is 44.1 Å². The number of amides is 2. The van der Waals surface area contributed by atoms with Crippen molar-refractivity contribution in [1.82, 2.24) is 20.2 Å². The Morgan fingerprint density at radius 3 is 2.53 bits per heavy atom. The smallest absolute Gasteiger partial charge is 0.323 e. The molecule has 8 nitrogen and oxygen atoms in total. The average Bonchev–Trinajstić information content (AvgIpc) is 3.48. The fourth-order valence-electron chi connectivity index (χ4n) is 6.50. The van der Waals surface area contributed by atoms with Crippen molar-refractivity contribution in [2.75, 3.05) is 42.3 Å². The molecule has 8 heteroatoms. The Morgan fingerprint density at radius 2 is 1.85 bits per heavy atom. The summed E-state index contributed by atoms with van der Waals surface area (Å²) in [5, 5.41) is 6.38. The van der Waals surface area contributed by atoms with Crippen molar-refractivity contribution >= 4 is 29.2 Å². The molecule has 2 saturated carbocycles. The van der Waals surface area contributed by atoms with Crippen molar-refractivity contribution < 1.29 is 4.79 Å². The predicted octanol–water partition coefficient (Wildman–Crippen LogP) is 3.97. The lowest BCUT2D eigenvalue weighted by Gasteiger charge is -2.37. The topological polar surface area (TPSA) is 76.6 Å². The second kappa shape index (κ2) is 8.73. The van der Waals surface area contributed by atoms with Gasteiger partial charge < -0.3 is 20.4 Å². The molecule has 3 fully saturated rings. The highest BCUT2D eigenvalue weighted by molar-refractivity contribution is 5.94. The second-order valence-electron chi connectivity index (χ2n) is 10.7. The summed E-state index contributed by atoms with van der Waals surface area (Å²) in [7, 11) is 4.35. The van der Waals surface area contributed by atoms with E-state index in [-0.39, 0.29) is 12.1 Å². The van der Waals surface area contributed by atoms with Gasteiger partial charge in [-0.25, -0.2) is 9.78 Å². The van der Waals surface area contributed by atoms with Gasteiger partial charge >= 0.3 is 6.03 Å². The van der Waals surface area contributed by atoms with E-state index in [1.54, 1.807) is 0 Å². The number of fused-ring (bicyclic) bond motifs is 3. The average molecular weight is 462 g/mol. The maximum atomic E-state index is 12.9. The first-order valence-corrected chi connectivity index (χ1v) is 12.8. The third kappa shape index (κ3) is 3.98. The lowest BCUT2D eigenvalue weighted by atomic mass is 9.93. The van der Waals surface area contributed by atoms with E-state index >= 15 is 0 Å². The van der Waals surface area contributed by atoms with E-state index in [4.69, 9.17) is 4.98 Å². The molecule has 1 saturated heterocycles. The van der Waals surface area contributed by atoms with Crippen LogP contribution in [0.15, 0.2) is 30.5 Å². The fourth-order valence-corrected chi connectivity index (χ4v) is 6.50. The Bertz CT molecular complexity index is 1050. The summed E-state index contributed by atoms with van der Waals surface area (Å²) in [5.74, 6) is 2.68. The van der Waals surface area contributed by atoms with Gasteiger partial charge in [0.15, 0.2) is 0 Å². The van der Waals surface area contributed by atoms with Crippen LogP contribution in [0.2, 0.25) is 0 Å². The number of piperidine rings is 1. The number of carbonyl (C=O) groups is 1. The second-order valence-corrected chi connectivity index (χ2v) is 10.7. The molecule has 3 heterocycles. The quantitative estimate of drug-likeness (QED) is 0.702. The molecule has 34 heavy (non-hydrogen) atoms. The van der Waals surface area contributed by atoms with E-state index < -0.39 is 0 Å². The van der Waals surface area contributed by atoms with Crippen molar-refractivity contribution in [3.8, 4) is 0 Å². The highest BCUT2D eigenvalue weighted by atomic mass is 16.2. The third-order valence-corrected chi connectivity index (χ3v) is 8.43. The summed E-state index contributed by atoms with van der Waals surface area (Å²) in [4.78, 5) is 29.0. The molecule has 3 atom stereocenters. The molecule has 3 unspecified atom stereocenters. The first kappa shape index (κ1) is 21.6. The minimum atomic E-state index is -0.0166. The molecule has 2 aromatic rings. The van der Waals surface area contributed by atoms with Gasteiger partial charge in [-0.1, -0.05) is 6.42 Å². The van der Waals surface area contributed by atoms with E-state index in [0.717, 1.165) is 42.5 Å². The van der Waals surface area contributed by atoms with Crippen LogP contribution in [-0.2, 0) is 6.54 Å². The van der Waals surface area contributed by atoms with Crippen molar-refractivity contribution in [3.05, 3.63) is 36.0 Å². The third-order valence-electron chi connectivity index (χ3n) is 8.43. The van der Waals surface area contributed by atoms with Crippen LogP contribution < -0.4 is 20.4 Å². The van der Waals surface area contributed by atoms with E-state index in [0.29, 0.717) is 24.5 Å². The maximum Gasteiger partial charge on any atom is 0.323 e. The summed E-state index contributed by atoms with van der Waals surface area (Å²) >= 11 is 0. The van der Waals surface area contributed by atoms with Crippen LogP contribution in [0, 0.1) is 11.8 Å². The standard InChI is InChI=1S/C26H35N7O/c1-31(2)21-9-11-32(12-10-21)22-7-5-20(6-8-22)29-25-27-15-19-16-28-26(34)33(24(19)30-25)23-14-17-3-4-18(23)13-17/h5-8,15,17-18,21,23H,3-4,9-14,16H2,1-2H3,(H,28,34)(H,27,29,30). The Labute approximate surface area is 201 Å². The molecule has 2 amide bonds. The number of hydrogen-bond donors (Lipinski definition) is 2. The number of anilines is 4. The van der Waals surface area contributed by atoms with Crippen LogP contribution in [-0.4, -0.2) is 60.2 Å². The zero-order chi connectivity index (χ0) is 23.2. The van der Waals surface area contributed by atoms with Crippen molar-refractivity contribution in [3.63, 3.8) is 0 Å². The summed E-state index contributed by atoms with van der Waals surface area (Å²) in [5.41, 5.74) is 3.20. The first-order valence-electron chi connectivity index (χ1n) is 12.8. The number of nitrogens with one attached hydrogen (secondary N) is 2. The summed E-state index contributed by atoms with van der Waals surface area (Å²) in [6.45, 7) is 2.67. The van der Waals surface area contributed by atoms with Crippen LogP contribution >= 0.6 is 0 Å². The molecule has 0 radical (unpaired) electrons. The minimum Gasteiger partial charge on any atom is -0.371 e. The van der Waals surface area contributed by atoms with Crippen LogP contribution in [0.4, 0.5) is 27.9 Å².